The largest absolute Gasteiger partial charge is 0.481 e. The van der Waals surface area contributed by atoms with Crippen LogP contribution < -0.4 is 0 Å². The average molecular weight is 238 g/mol. The highest BCUT2D eigenvalue weighted by Crippen LogP contribution is 2.32. The van der Waals surface area contributed by atoms with E-state index in [4.69, 9.17) is 5.11 Å². The summed E-state index contributed by atoms with van der Waals surface area (Å²) in [6.45, 7) is 7.15. The van der Waals surface area contributed by atoms with Gasteiger partial charge in [0, 0.05) is 5.41 Å². The van der Waals surface area contributed by atoms with E-state index < -0.39 is 17.6 Å². The Balaban J connectivity index is 3.19. The lowest BCUT2D eigenvalue weighted by Gasteiger charge is -2.26. The molecular formula is C14H19FO2. The number of carboxylic acid groups (broad SMARTS) is 1. The molecule has 2 nitrogen and oxygen atoms in total. The number of halogens is 1. The number of alkyl halides is 1. The number of aryl methyl sites for hydroxylation is 1. The first-order valence-corrected chi connectivity index (χ1v) is 5.71. The number of carboxylic acids is 1. The minimum absolute atomic E-state index is 0.0396. The monoisotopic (exact) mass is 238 g/mol. The zero-order chi connectivity index (χ0) is 13.2. The summed E-state index contributed by atoms with van der Waals surface area (Å²) in [5.41, 5.74) is 2.02. The van der Waals surface area contributed by atoms with Gasteiger partial charge in [-0.2, -0.15) is 0 Å². The number of aliphatic carboxylic acids is 1. The summed E-state index contributed by atoms with van der Waals surface area (Å²) in [6.07, 6.45) is -0.993. The standard InChI is InChI=1S/C14H19FO2/c1-9-5-6-11(10(2)15)7-12(9)14(3,4)8-13(16)17/h5-7,10H,8H2,1-4H3,(H,16,17). The van der Waals surface area contributed by atoms with Crippen LogP contribution in [-0.4, -0.2) is 11.1 Å². The molecule has 1 aromatic rings. The van der Waals surface area contributed by atoms with Crippen LogP contribution in [0.4, 0.5) is 4.39 Å². The molecule has 0 radical (unpaired) electrons. The van der Waals surface area contributed by atoms with Gasteiger partial charge in [-0.25, -0.2) is 4.39 Å². The van der Waals surface area contributed by atoms with Gasteiger partial charge in [0.1, 0.15) is 6.17 Å². The SMILES string of the molecule is Cc1ccc(C(C)F)cc1C(C)(C)CC(=O)O. The molecule has 0 saturated heterocycles. The van der Waals surface area contributed by atoms with E-state index in [1.54, 1.807) is 12.1 Å². The van der Waals surface area contributed by atoms with Crippen LogP contribution in [0.5, 0.6) is 0 Å². The molecule has 0 heterocycles. The molecule has 0 bridgehead atoms. The van der Waals surface area contributed by atoms with Crippen molar-refractivity contribution in [1.82, 2.24) is 0 Å². The minimum atomic E-state index is -1.03. The third kappa shape index (κ3) is 3.29. The van der Waals surface area contributed by atoms with E-state index in [9.17, 15) is 9.18 Å². The summed E-state index contributed by atoms with van der Waals surface area (Å²) in [4.78, 5) is 10.8. The van der Waals surface area contributed by atoms with Crippen LogP contribution in [0.2, 0.25) is 0 Å². The lowest BCUT2D eigenvalue weighted by molar-refractivity contribution is -0.138. The number of rotatable bonds is 4. The summed E-state index contributed by atoms with van der Waals surface area (Å²) >= 11 is 0. The third-order valence-corrected chi connectivity index (χ3v) is 3.04. The maximum Gasteiger partial charge on any atom is 0.304 e. The van der Waals surface area contributed by atoms with Crippen LogP contribution in [0.25, 0.3) is 0 Å². The molecule has 3 heteroatoms. The molecule has 0 spiro atoms. The predicted octanol–water partition coefficient (Wildman–Crippen LogP) is 3.78. The zero-order valence-electron chi connectivity index (χ0n) is 10.7. The molecule has 0 aromatic heterocycles. The van der Waals surface area contributed by atoms with Crippen LogP contribution >= 0.6 is 0 Å². The van der Waals surface area contributed by atoms with Crippen molar-refractivity contribution < 1.29 is 14.3 Å². The Morgan fingerprint density at radius 1 is 1.47 bits per heavy atom. The van der Waals surface area contributed by atoms with Crippen LogP contribution in [0.1, 0.15) is 50.1 Å². The van der Waals surface area contributed by atoms with E-state index in [-0.39, 0.29) is 6.42 Å². The van der Waals surface area contributed by atoms with Crippen molar-refractivity contribution in [2.24, 2.45) is 0 Å². The summed E-state index contributed by atoms with van der Waals surface area (Å²) in [5.74, 6) is -0.840. The highest BCUT2D eigenvalue weighted by Gasteiger charge is 2.26. The molecule has 1 aromatic carbocycles. The molecule has 17 heavy (non-hydrogen) atoms. The Kier molecular flexibility index (Phi) is 3.91. The van der Waals surface area contributed by atoms with E-state index in [1.165, 1.54) is 6.92 Å². The fraction of sp³-hybridized carbons (Fsp3) is 0.500. The molecular weight excluding hydrogens is 219 g/mol. The van der Waals surface area contributed by atoms with Crippen LogP contribution in [-0.2, 0) is 10.2 Å². The van der Waals surface area contributed by atoms with Gasteiger partial charge in [0.05, 0.1) is 6.42 Å². The van der Waals surface area contributed by atoms with Gasteiger partial charge in [0.25, 0.3) is 0 Å². The second-order valence-corrected chi connectivity index (χ2v) is 5.14. The first-order valence-electron chi connectivity index (χ1n) is 5.71. The molecule has 0 fully saturated rings. The molecule has 0 aliphatic heterocycles. The van der Waals surface area contributed by atoms with Gasteiger partial charge in [-0.3, -0.25) is 4.79 Å². The number of hydrogen-bond acceptors (Lipinski definition) is 1. The fourth-order valence-corrected chi connectivity index (χ4v) is 2.09. The second-order valence-electron chi connectivity index (χ2n) is 5.14. The molecule has 0 aliphatic carbocycles. The van der Waals surface area contributed by atoms with Gasteiger partial charge in [-0.1, -0.05) is 32.0 Å². The van der Waals surface area contributed by atoms with E-state index in [1.807, 2.05) is 26.8 Å². The fourth-order valence-electron chi connectivity index (χ4n) is 2.09. The number of benzene rings is 1. The van der Waals surface area contributed by atoms with Crippen molar-refractivity contribution in [2.75, 3.05) is 0 Å². The van der Waals surface area contributed by atoms with Gasteiger partial charge in [0.15, 0.2) is 0 Å². The Labute approximate surface area is 101 Å². The van der Waals surface area contributed by atoms with Gasteiger partial charge in [0.2, 0.25) is 0 Å². The van der Waals surface area contributed by atoms with E-state index >= 15 is 0 Å². The van der Waals surface area contributed by atoms with Gasteiger partial charge < -0.3 is 5.11 Å². The Hall–Kier alpha value is -1.38. The van der Waals surface area contributed by atoms with Gasteiger partial charge >= 0.3 is 5.97 Å². The molecule has 1 rings (SSSR count). The maximum atomic E-state index is 13.3. The average Bonchev–Trinajstić information content (AvgIpc) is 2.15. The second kappa shape index (κ2) is 4.86. The van der Waals surface area contributed by atoms with Gasteiger partial charge in [-0.05, 0) is 30.5 Å². The molecule has 1 atom stereocenters. The minimum Gasteiger partial charge on any atom is -0.481 e. The molecule has 94 valence electrons. The maximum absolute atomic E-state index is 13.3. The summed E-state index contributed by atoms with van der Waals surface area (Å²) in [6, 6.07) is 5.38. The van der Waals surface area contributed by atoms with Crippen molar-refractivity contribution in [3.05, 3.63) is 34.9 Å². The molecule has 1 unspecified atom stereocenters. The quantitative estimate of drug-likeness (QED) is 0.866. The van der Waals surface area contributed by atoms with Crippen molar-refractivity contribution in [2.45, 2.75) is 45.7 Å². The topological polar surface area (TPSA) is 37.3 Å². The Bertz CT molecular complexity index is 422. The van der Waals surface area contributed by atoms with Crippen LogP contribution in [0.15, 0.2) is 18.2 Å². The molecule has 1 N–H and O–H groups in total. The van der Waals surface area contributed by atoms with Crippen LogP contribution in [0.3, 0.4) is 0 Å². The summed E-state index contributed by atoms with van der Waals surface area (Å²) in [7, 11) is 0. The highest BCUT2D eigenvalue weighted by atomic mass is 19.1. The van der Waals surface area contributed by atoms with Crippen molar-refractivity contribution in [1.29, 1.82) is 0 Å². The summed E-state index contributed by atoms with van der Waals surface area (Å²) < 4.78 is 13.3. The van der Waals surface area contributed by atoms with E-state index in [0.29, 0.717) is 5.56 Å². The number of carbonyl (C=O) groups is 1. The summed E-state index contributed by atoms with van der Waals surface area (Å²) in [5, 5.41) is 8.91. The third-order valence-electron chi connectivity index (χ3n) is 3.04. The lowest BCUT2D eigenvalue weighted by atomic mass is 9.78. The lowest BCUT2D eigenvalue weighted by Crippen LogP contribution is -2.23. The smallest absolute Gasteiger partial charge is 0.304 e. The molecule has 0 saturated carbocycles. The predicted molar refractivity (Wildman–Crippen MR) is 66.0 cm³/mol. The molecule has 0 aliphatic rings. The zero-order valence-corrected chi connectivity index (χ0v) is 10.7. The van der Waals surface area contributed by atoms with Gasteiger partial charge in [-0.15, -0.1) is 0 Å². The highest BCUT2D eigenvalue weighted by molar-refractivity contribution is 5.69. The Morgan fingerprint density at radius 3 is 2.53 bits per heavy atom. The first-order chi connectivity index (χ1) is 7.74. The Morgan fingerprint density at radius 2 is 2.06 bits per heavy atom. The number of hydrogen-bond donors (Lipinski definition) is 1. The van der Waals surface area contributed by atoms with E-state index in [2.05, 4.69) is 0 Å². The van der Waals surface area contributed by atoms with Crippen molar-refractivity contribution in [3.8, 4) is 0 Å². The first kappa shape index (κ1) is 13.7. The molecule has 0 amide bonds. The van der Waals surface area contributed by atoms with Crippen LogP contribution in [0, 0.1) is 6.92 Å². The van der Waals surface area contributed by atoms with Crippen molar-refractivity contribution in [3.63, 3.8) is 0 Å². The van der Waals surface area contributed by atoms with E-state index in [0.717, 1.165) is 11.1 Å². The van der Waals surface area contributed by atoms with Crippen molar-refractivity contribution >= 4 is 5.97 Å². The normalized spacial score (nSPS) is 13.5.